The number of nitrogens with zero attached hydrogens (tertiary/aromatic N) is 1. The highest BCUT2D eigenvalue weighted by Gasteiger charge is 2.19. The maximum absolute atomic E-state index is 12.3. The van der Waals surface area contributed by atoms with Gasteiger partial charge in [-0.3, -0.25) is 9.59 Å². The summed E-state index contributed by atoms with van der Waals surface area (Å²) in [6.45, 7) is 1.53. The lowest BCUT2D eigenvalue weighted by Gasteiger charge is -2.19. The van der Waals surface area contributed by atoms with Crippen LogP contribution in [0.5, 0.6) is 0 Å². The molecule has 1 aromatic carbocycles. The highest BCUT2D eigenvalue weighted by Crippen LogP contribution is 2.29. The summed E-state index contributed by atoms with van der Waals surface area (Å²) in [4.78, 5) is 31.8. The highest BCUT2D eigenvalue weighted by atomic mass is 32.1. The predicted octanol–water partition coefficient (Wildman–Crippen LogP) is 3.06. The van der Waals surface area contributed by atoms with Crippen molar-refractivity contribution in [3.8, 4) is 0 Å². The molecule has 0 spiro atoms. The lowest BCUT2D eigenvalue weighted by molar-refractivity contribution is -0.115. The number of nitrogens with one attached hydrogen (secondary N) is 2. The standard InChI is InChI=1S/C19H19N3O3S/c23-17(10-14-9-13-3-1-2-4-15(13)18(24)20-14)22-19-21-16(11-26-19)12-5-7-25-8-6-12/h1-4,9,11-12H,5-8,10H2,(H,20,24)(H,21,22,23). The summed E-state index contributed by atoms with van der Waals surface area (Å²) in [5, 5.41) is 6.88. The second kappa shape index (κ2) is 7.39. The van der Waals surface area contributed by atoms with Gasteiger partial charge in [-0.25, -0.2) is 4.98 Å². The third kappa shape index (κ3) is 3.68. The van der Waals surface area contributed by atoms with E-state index in [1.54, 1.807) is 6.07 Å². The molecule has 2 aromatic heterocycles. The topological polar surface area (TPSA) is 84.1 Å². The van der Waals surface area contributed by atoms with Gasteiger partial charge in [-0.2, -0.15) is 0 Å². The first-order valence-corrected chi connectivity index (χ1v) is 9.51. The number of rotatable bonds is 4. The van der Waals surface area contributed by atoms with E-state index in [9.17, 15) is 9.59 Å². The van der Waals surface area contributed by atoms with Gasteiger partial charge in [0.05, 0.1) is 12.1 Å². The Morgan fingerprint density at radius 3 is 2.96 bits per heavy atom. The smallest absolute Gasteiger partial charge is 0.256 e. The molecule has 7 heteroatoms. The molecule has 0 unspecified atom stereocenters. The number of amides is 1. The molecule has 6 nitrogen and oxygen atoms in total. The Labute approximate surface area is 154 Å². The van der Waals surface area contributed by atoms with E-state index < -0.39 is 0 Å². The average Bonchev–Trinajstić information content (AvgIpc) is 3.11. The van der Waals surface area contributed by atoms with Crippen molar-refractivity contribution in [1.29, 1.82) is 0 Å². The number of hydrogen-bond donors (Lipinski definition) is 2. The lowest BCUT2D eigenvalue weighted by Crippen LogP contribution is -2.18. The first kappa shape index (κ1) is 16.9. The molecule has 0 saturated carbocycles. The largest absolute Gasteiger partial charge is 0.381 e. The summed E-state index contributed by atoms with van der Waals surface area (Å²) in [6, 6.07) is 9.17. The number of ether oxygens (including phenoxy) is 1. The van der Waals surface area contributed by atoms with E-state index in [4.69, 9.17) is 4.74 Å². The molecule has 3 heterocycles. The van der Waals surface area contributed by atoms with E-state index >= 15 is 0 Å². The van der Waals surface area contributed by atoms with Crippen molar-refractivity contribution < 1.29 is 9.53 Å². The molecule has 26 heavy (non-hydrogen) atoms. The monoisotopic (exact) mass is 369 g/mol. The Morgan fingerprint density at radius 1 is 1.31 bits per heavy atom. The number of pyridine rings is 1. The van der Waals surface area contributed by atoms with Crippen LogP contribution in [0.15, 0.2) is 40.5 Å². The van der Waals surface area contributed by atoms with E-state index in [1.165, 1.54) is 11.3 Å². The molecule has 1 amide bonds. The Balaban J connectivity index is 1.44. The maximum Gasteiger partial charge on any atom is 0.256 e. The second-order valence-corrected chi connectivity index (χ2v) is 7.26. The SMILES string of the molecule is O=C(Cc1cc2ccccc2c(=O)[nH]1)Nc1nc(C2CCOCC2)cs1. The number of hydrogen-bond acceptors (Lipinski definition) is 5. The van der Waals surface area contributed by atoms with Gasteiger partial charge in [0.25, 0.3) is 5.56 Å². The van der Waals surface area contributed by atoms with Crippen LogP contribution in [0.3, 0.4) is 0 Å². The number of thiazole rings is 1. The van der Waals surface area contributed by atoms with Crippen molar-refractivity contribution in [2.45, 2.75) is 25.2 Å². The van der Waals surface area contributed by atoms with E-state index in [-0.39, 0.29) is 17.9 Å². The summed E-state index contributed by atoms with van der Waals surface area (Å²) in [7, 11) is 0. The Morgan fingerprint density at radius 2 is 2.12 bits per heavy atom. The number of aromatic amines is 1. The maximum atomic E-state index is 12.3. The van der Waals surface area contributed by atoms with Crippen molar-refractivity contribution in [3.63, 3.8) is 0 Å². The van der Waals surface area contributed by atoms with Crippen molar-refractivity contribution >= 4 is 33.1 Å². The molecular weight excluding hydrogens is 350 g/mol. The number of benzene rings is 1. The molecule has 0 bridgehead atoms. The lowest BCUT2D eigenvalue weighted by atomic mass is 9.98. The number of H-pyrrole nitrogens is 1. The Hall–Kier alpha value is -2.51. The van der Waals surface area contributed by atoms with Crippen LogP contribution in [0.25, 0.3) is 10.8 Å². The molecule has 2 N–H and O–H groups in total. The predicted molar refractivity (Wildman–Crippen MR) is 102 cm³/mol. The summed E-state index contributed by atoms with van der Waals surface area (Å²) in [5.41, 5.74) is 1.43. The normalized spacial score (nSPS) is 15.2. The Kier molecular flexibility index (Phi) is 4.81. The third-order valence-corrected chi connectivity index (χ3v) is 5.34. The molecular formula is C19H19N3O3S. The van der Waals surface area contributed by atoms with Crippen LogP contribution >= 0.6 is 11.3 Å². The van der Waals surface area contributed by atoms with E-state index in [0.717, 1.165) is 37.1 Å². The molecule has 1 saturated heterocycles. The molecule has 134 valence electrons. The average molecular weight is 369 g/mol. The van der Waals surface area contributed by atoms with Crippen LogP contribution in [0.2, 0.25) is 0 Å². The number of fused-ring (bicyclic) bond motifs is 1. The van der Waals surface area contributed by atoms with Crippen LogP contribution in [0.1, 0.15) is 30.1 Å². The third-order valence-electron chi connectivity index (χ3n) is 4.57. The summed E-state index contributed by atoms with van der Waals surface area (Å²) in [5.74, 6) is 0.214. The molecule has 1 fully saturated rings. The van der Waals surface area contributed by atoms with Gasteiger partial charge in [0.15, 0.2) is 5.13 Å². The van der Waals surface area contributed by atoms with Gasteiger partial charge in [0.2, 0.25) is 5.91 Å². The first-order valence-electron chi connectivity index (χ1n) is 8.63. The number of aromatic nitrogens is 2. The van der Waals surface area contributed by atoms with E-state index in [1.807, 2.05) is 29.6 Å². The zero-order valence-corrected chi connectivity index (χ0v) is 15.0. The molecule has 0 radical (unpaired) electrons. The van der Waals surface area contributed by atoms with Crippen LogP contribution in [0, 0.1) is 0 Å². The van der Waals surface area contributed by atoms with Crippen molar-refractivity contribution in [2.75, 3.05) is 18.5 Å². The fraction of sp³-hybridized carbons (Fsp3) is 0.316. The number of carbonyl (C=O) groups is 1. The molecule has 1 aliphatic rings. The highest BCUT2D eigenvalue weighted by molar-refractivity contribution is 7.13. The van der Waals surface area contributed by atoms with Gasteiger partial charge in [0, 0.05) is 35.6 Å². The van der Waals surface area contributed by atoms with Gasteiger partial charge in [0.1, 0.15) is 0 Å². The van der Waals surface area contributed by atoms with Crippen molar-refractivity contribution in [2.24, 2.45) is 0 Å². The van der Waals surface area contributed by atoms with Gasteiger partial charge >= 0.3 is 0 Å². The zero-order valence-electron chi connectivity index (χ0n) is 14.2. The molecule has 0 aliphatic carbocycles. The molecule has 1 aliphatic heterocycles. The molecule has 3 aromatic rings. The minimum absolute atomic E-state index is 0.103. The zero-order chi connectivity index (χ0) is 17.9. The van der Waals surface area contributed by atoms with Crippen molar-refractivity contribution in [3.05, 3.63) is 57.5 Å². The van der Waals surface area contributed by atoms with Crippen LogP contribution in [0.4, 0.5) is 5.13 Å². The first-order chi connectivity index (χ1) is 12.7. The van der Waals surface area contributed by atoms with Crippen LogP contribution in [-0.2, 0) is 16.0 Å². The van der Waals surface area contributed by atoms with Crippen molar-refractivity contribution in [1.82, 2.24) is 9.97 Å². The van der Waals surface area contributed by atoms with E-state index in [2.05, 4.69) is 15.3 Å². The molecule has 4 rings (SSSR count). The van der Waals surface area contributed by atoms with Crippen LogP contribution in [-0.4, -0.2) is 29.1 Å². The minimum atomic E-state index is -0.191. The number of carbonyl (C=O) groups excluding carboxylic acids is 1. The quantitative estimate of drug-likeness (QED) is 0.740. The fourth-order valence-electron chi connectivity index (χ4n) is 3.22. The van der Waals surface area contributed by atoms with Gasteiger partial charge in [-0.1, -0.05) is 18.2 Å². The van der Waals surface area contributed by atoms with E-state index in [0.29, 0.717) is 22.1 Å². The second-order valence-electron chi connectivity index (χ2n) is 6.40. The van der Waals surface area contributed by atoms with Gasteiger partial charge in [-0.15, -0.1) is 11.3 Å². The van der Waals surface area contributed by atoms with Gasteiger partial charge < -0.3 is 15.0 Å². The fourth-order valence-corrected chi connectivity index (χ4v) is 4.03. The molecule has 0 atom stereocenters. The van der Waals surface area contributed by atoms with Crippen LogP contribution < -0.4 is 10.9 Å². The summed E-state index contributed by atoms with van der Waals surface area (Å²) in [6.07, 6.45) is 2.04. The minimum Gasteiger partial charge on any atom is -0.381 e. The Bertz CT molecular complexity index is 989. The summed E-state index contributed by atoms with van der Waals surface area (Å²) < 4.78 is 5.38. The number of anilines is 1. The summed E-state index contributed by atoms with van der Waals surface area (Å²) >= 11 is 1.43. The van der Waals surface area contributed by atoms with Gasteiger partial charge in [-0.05, 0) is 30.4 Å².